The number of carbonyl (C=O) groups is 4. The molecule has 0 spiro atoms. The molecular weight excluding hydrogens is 254 g/mol. The van der Waals surface area contributed by atoms with Gasteiger partial charge in [-0.3, -0.25) is 19.3 Å². The van der Waals surface area contributed by atoms with Gasteiger partial charge in [0.25, 0.3) is 5.91 Å². The van der Waals surface area contributed by atoms with Crippen LogP contribution in [0.3, 0.4) is 0 Å². The summed E-state index contributed by atoms with van der Waals surface area (Å²) in [5, 5.41) is 13.5. The zero-order chi connectivity index (χ0) is 14.8. The van der Waals surface area contributed by atoms with Crippen LogP contribution in [0.15, 0.2) is 0 Å². The van der Waals surface area contributed by atoms with Gasteiger partial charge in [0.05, 0.1) is 5.92 Å². The molecule has 1 fully saturated rings. The Morgan fingerprint density at radius 2 is 2.00 bits per heavy atom. The van der Waals surface area contributed by atoms with Crippen LogP contribution in [0.5, 0.6) is 0 Å². The van der Waals surface area contributed by atoms with Crippen LogP contribution in [0.25, 0.3) is 0 Å². The second-order valence-corrected chi connectivity index (χ2v) is 4.99. The number of carboxylic acids is 1. The highest BCUT2D eigenvalue weighted by Gasteiger charge is 2.44. The van der Waals surface area contributed by atoms with Crippen molar-refractivity contribution in [3.05, 3.63) is 0 Å². The van der Waals surface area contributed by atoms with Crippen molar-refractivity contribution in [2.24, 2.45) is 5.92 Å². The molecule has 19 heavy (non-hydrogen) atoms. The molecule has 8 heteroatoms. The zero-order valence-electron chi connectivity index (χ0n) is 11.0. The Kier molecular flexibility index (Phi) is 4.13. The number of hydrogen-bond acceptors (Lipinski definition) is 4. The fourth-order valence-corrected chi connectivity index (χ4v) is 1.52. The second-order valence-electron chi connectivity index (χ2n) is 4.99. The van der Waals surface area contributed by atoms with Crippen molar-refractivity contribution in [3.63, 3.8) is 0 Å². The maximum atomic E-state index is 11.8. The van der Waals surface area contributed by atoms with Gasteiger partial charge in [0.1, 0.15) is 12.1 Å². The molecule has 1 aliphatic rings. The van der Waals surface area contributed by atoms with E-state index in [0.717, 1.165) is 4.90 Å². The van der Waals surface area contributed by atoms with Crippen molar-refractivity contribution in [2.75, 3.05) is 13.1 Å². The lowest BCUT2D eigenvalue weighted by atomic mass is 10.1. The summed E-state index contributed by atoms with van der Waals surface area (Å²) in [6.07, 6.45) is 0. The minimum atomic E-state index is -1.03. The lowest BCUT2D eigenvalue weighted by Gasteiger charge is -2.16. The van der Waals surface area contributed by atoms with E-state index in [1.54, 1.807) is 0 Å². The summed E-state index contributed by atoms with van der Waals surface area (Å²) in [5.74, 6) is -2.83. The molecule has 1 atom stereocenters. The van der Waals surface area contributed by atoms with Gasteiger partial charge in [-0.05, 0) is 13.8 Å². The highest BCUT2D eigenvalue weighted by molar-refractivity contribution is 6.08. The Morgan fingerprint density at radius 1 is 1.42 bits per heavy atom. The molecule has 1 heterocycles. The quantitative estimate of drug-likeness (QED) is 0.563. The van der Waals surface area contributed by atoms with Crippen LogP contribution in [0.1, 0.15) is 20.8 Å². The molecule has 0 aromatic carbocycles. The third kappa shape index (κ3) is 3.43. The Morgan fingerprint density at radius 3 is 2.42 bits per heavy atom. The lowest BCUT2D eigenvalue weighted by molar-refractivity contribution is -0.141. The van der Waals surface area contributed by atoms with E-state index >= 15 is 0 Å². The van der Waals surface area contributed by atoms with Gasteiger partial charge in [-0.15, -0.1) is 0 Å². The van der Waals surface area contributed by atoms with Crippen LogP contribution in [0.2, 0.25) is 0 Å². The molecule has 4 amide bonds. The third-order valence-corrected chi connectivity index (χ3v) is 2.77. The molecule has 0 radical (unpaired) electrons. The molecule has 0 saturated carbocycles. The summed E-state index contributed by atoms with van der Waals surface area (Å²) in [6, 6.07) is -0.628. The maximum absolute atomic E-state index is 11.8. The van der Waals surface area contributed by atoms with Crippen LogP contribution in [-0.2, 0) is 14.4 Å². The summed E-state index contributed by atoms with van der Waals surface area (Å²) in [4.78, 5) is 46.2. The van der Waals surface area contributed by atoms with E-state index in [2.05, 4.69) is 10.6 Å². The van der Waals surface area contributed by atoms with Crippen molar-refractivity contribution >= 4 is 23.8 Å². The van der Waals surface area contributed by atoms with E-state index in [1.807, 2.05) is 0 Å². The van der Waals surface area contributed by atoms with Crippen LogP contribution in [-0.4, -0.2) is 52.4 Å². The van der Waals surface area contributed by atoms with Crippen molar-refractivity contribution in [3.8, 4) is 0 Å². The number of carboxylic acid groups (broad SMARTS) is 1. The first kappa shape index (κ1) is 14.9. The number of carbonyl (C=O) groups excluding carboxylic acids is 3. The molecule has 0 aromatic rings. The summed E-state index contributed by atoms with van der Waals surface area (Å²) in [6.45, 7) is 4.05. The fraction of sp³-hybridized carbons (Fsp3) is 0.636. The molecule has 106 valence electrons. The van der Waals surface area contributed by atoms with Crippen LogP contribution in [0.4, 0.5) is 4.79 Å². The lowest BCUT2D eigenvalue weighted by Crippen LogP contribution is -2.44. The van der Waals surface area contributed by atoms with Gasteiger partial charge < -0.3 is 15.7 Å². The number of amides is 4. The number of imide groups is 1. The SMILES string of the molecule is CC(CNC(=O)CN1C(=O)NC(C)(C)C1=O)C(=O)O. The predicted octanol–water partition coefficient (Wildman–Crippen LogP) is -0.846. The smallest absolute Gasteiger partial charge is 0.325 e. The number of rotatable bonds is 5. The minimum Gasteiger partial charge on any atom is -0.481 e. The topological polar surface area (TPSA) is 116 Å². The van der Waals surface area contributed by atoms with E-state index in [0.29, 0.717) is 0 Å². The number of nitrogens with one attached hydrogen (secondary N) is 2. The Bertz CT molecular complexity index is 432. The average molecular weight is 271 g/mol. The number of aliphatic carboxylic acids is 1. The van der Waals surface area contributed by atoms with E-state index in [9.17, 15) is 19.2 Å². The van der Waals surface area contributed by atoms with Gasteiger partial charge in [-0.2, -0.15) is 0 Å². The Labute approximate surface area is 110 Å². The molecule has 1 aliphatic heterocycles. The molecule has 1 unspecified atom stereocenters. The van der Waals surface area contributed by atoms with Gasteiger partial charge in [0.15, 0.2) is 0 Å². The number of nitrogens with zero attached hydrogens (tertiary/aromatic N) is 1. The predicted molar refractivity (Wildman–Crippen MR) is 64.1 cm³/mol. The first-order valence-electron chi connectivity index (χ1n) is 5.78. The average Bonchev–Trinajstić information content (AvgIpc) is 2.48. The molecule has 8 nitrogen and oxygen atoms in total. The molecule has 0 bridgehead atoms. The van der Waals surface area contributed by atoms with Gasteiger partial charge in [0.2, 0.25) is 5.91 Å². The van der Waals surface area contributed by atoms with E-state index < -0.39 is 41.8 Å². The summed E-state index contributed by atoms with van der Waals surface area (Å²) >= 11 is 0. The monoisotopic (exact) mass is 271 g/mol. The van der Waals surface area contributed by atoms with Gasteiger partial charge in [0, 0.05) is 6.54 Å². The van der Waals surface area contributed by atoms with E-state index in [4.69, 9.17) is 5.11 Å². The van der Waals surface area contributed by atoms with Crippen molar-refractivity contribution in [1.29, 1.82) is 0 Å². The van der Waals surface area contributed by atoms with Crippen molar-refractivity contribution in [1.82, 2.24) is 15.5 Å². The molecule has 1 rings (SSSR count). The zero-order valence-corrected chi connectivity index (χ0v) is 11.0. The summed E-state index contributed by atoms with van der Waals surface area (Å²) < 4.78 is 0. The second kappa shape index (κ2) is 5.25. The molecule has 0 aliphatic carbocycles. The third-order valence-electron chi connectivity index (χ3n) is 2.77. The maximum Gasteiger partial charge on any atom is 0.325 e. The first-order valence-corrected chi connectivity index (χ1v) is 5.78. The Balaban J connectivity index is 2.52. The van der Waals surface area contributed by atoms with Crippen LogP contribution >= 0.6 is 0 Å². The largest absolute Gasteiger partial charge is 0.481 e. The standard InChI is InChI=1S/C11H17N3O5/c1-6(8(16)17)4-12-7(15)5-14-9(18)11(2,3)13-10(14)19/h6H,4-5H2,1-3H3,(H,12,15)(H,13,19)(H,16,17). The van der Waals surface area contributed by atoms with Gasteiger partial charge in [-0.1, -0.05) is 6.92 Å². The van der Waals surface area contributed by atoms with E-state index in [1.165, 1.54) is 20.8 Å². The Hall–Kier alpha value is -2.12. The normalized spacial score (nSPS) is 19.0. The van der Waals surface area contributed by atoms with E-state index in [-0.39, 0.29) is 6.54 Å². The molecule has 0 aromatic heterocycles. The highest BCUT2D eigenvalue weighted by Crippen LogP contribution is 2.15. The van der Waals surface area contributed by atoms with Crippen molar-refractivity contribution in [2.45, 2.75) is 26.3 Å². The minimum absolute atomic E-state index is 0.0544. The first-order chi connectivity index (χ1) is 8.65. The number of hydrogen-bond donors (Lipinski definition) is 3. The van der Waals surface area contributed by atoms with Crippen LogP contribution in [0, 0.1) is 5.92 Å². The molecule has 1 saturated heterocycles. The summed E-state index contributed by atoms with van der Waals surface area (Å²) in [5.41, 5.74) is -1.02. The van der Waals surface area contributed by atoms with Crippen LogP contribution < -0.4 is 10.6 Å². The van der Waals surface area contributed by atoms with Crippen molar-refractivity contribution < 1.29 is 24.3 Å². The van der Waals surface area contributed by atoms with Gasteiger partial charge in [-0.25, -0.2) is 4.79 Å². The molecular formula is C11H17N3O5. The fourth-order valence-electron chi connectivity index (χ4n) is 1.52. The van der Waals surface area contributed by atoms with Gasteiger partial charge >= 0.3 is 12.0 Å². The number of urea groups is 1. The molecule has 3 N–H and O–H groups in total. The highest BCUT2D eigenvalue weighted by atomic mass is 16.4. The summed E-state index contributed by atoms with van der Waals surface area (Å²) in [7, 11) is 0.